The van der Waals surface area contributed by atoms with Gasteiger partial charge in [-0.2, -0.15) is 0 Å². The first-order valence-corrected chi connectivity index (χ1v) is 7.08. The zero-order valence-electron chi connectivity index (χ0n) is 11.5. The SMILES string of the molecule is CCCNC(Cc1cccc(F)c1Cl)CC(C)C. The lowest BCUT2D eigenvalue weighted by Crippen LogP contribution is -2.33. The number of halogens is 2. The van der Waals surface area contributed by atoms with Crippen molar-refractivity contribution in [3.8, 4) is 0 Å². The molecule has 0 bridgehead atoms. The summed E-state index contributed by atoms with van der Waals surface area (Å²) in [5, 5.41) is 3.78. The predicted molar refractivity (Wildman–Crippen MR) is 76.7 cm³/mol. The summed E-state index contributed by atoms with van der Waals surface area (Å²) in [4.78, 5) is 0. The van der Waals surface area contributed by atoms with Gasteiger partial charge in [0, 0.05) is 6.04 Å². The molecule has 1 aromatic rings. The second kappa shape index (κ2) is 7.75. The minimum atomic E-state index is -0.326. The molecule has 0 spiro atoms. The second-order valence-electron chi connectivity index (χ2n) is 5.20. The highest BCUT2D eigenvalue weighted by molar-refractivity contribution is 6.31. The highest BCUT2D eigenvalue weighted by Crippen LogP contribution is 2.22. The largest absolute Gasteiger partial charge is 0.314 e. The fourth-order valence-electron chi connectivity index (χ4n) is 2.13. The smallest absolute Gasteiger partial charge is 0.142 e. The highest BCUT2D eigenvalue weighted by Gasteiger charge is 2.14. The van der Waals surface area contributed by atoms with E-state index in [0.29, 0.717) is 12.0 Å². The van der Waals surface area contributed by atoms with Gasteiger partial charge in [0.15, 0.2) is 0 Å². The van der Waals surface area contributed by atoms with Gasteiger partial charge in [0.2, 0.25) is 0 Å². The molecular weight excluding hydrogens is 249 g/mol. The molecule has 0 amide bonds. The molecule has 1 N–H and O–H groups in total. The van der Waals surface area contributed by atoms with E-state index in [-0.39, 0.29) is 10.8 Å². The lowest BCUT2D eigenvalue weighted by atomic mass is 9.97. The Hall–Kier alpha value is -0.600. The Balaban J connectivity index is 2.72. The first kappa shape index (κ1) is 15.5. The molecule has 0 saturated carbocycles. The highest BCUT2D eigenvalue weighted by atomic mass is 35.5. The molecule has 1 rings (SSSR count). The van der Waals surface area contributed by atoms with E-state index < -0.39 is 0 Å². The van der Waals surface area contributed by atoms with Crippen LogP contribution in [0.4, 0.5) is 4.39 Å². The third-order valence-corrected chi connectivity index (χ3v) is 3.36. The normalized spacial score (nSPS) is 13.0. The van der Waals surface area contributed by atoms with Crippen LogP contribution in [-0.2, 0) is 6.42 Å². The molecule has 1 nitrogen and oxygen atoms in total. The molecule has 0 aromatic heterocycles. The summed E-state index contributed by atoms with van der Waals surface area (Å²) in [5.74, 6) is 0.291. The Bertz CT molecular complexity index is 366. The first-order chi connectivity index (χ1) is 8.54. The second-order valence-corrected chi connectivity index (χ2v) is 5.58. The van der Waals surface area contributed by atoms with Gasteiger partial charge in [0.1, 0.15) is 5.82 Å². The molecule has 0 saturated heterocycles. The van der Waals surface area contributed by atoms with Crippen molar-refractivity contribution in [1.29, 1.82) is 0 Å². The molecule has 0 heterocycles. The maximum absolute atomic E-state index is 13.4. The molecule has 0 radical (unpaired) electrons. The fraction of sp³-hybridized carbons (Fsp3) is 0.600. The zero-order chi connectivity index (χ0) is 13.5. The van der Waals surface area contributed by atoms with Crippen LogP contribution in [0.1, 0.15) is 39.2 Å². The lowest BCUT2D eigenvalue weighted by molar-refractivity contribution is 0.416. The average molecular weight is 272 g/mol. The van der Waals surface area contributed by atoms with E-state index >= 15 is 0 Å². The van der Waals surface area contributed by atoms with Gasteiger partial charge < -0.3 is 5.32 Å². The van der Waals surface area contributed by atoms with Gasteiger partial charge >= 0.3 is 0 Å². The number of hydrogen-bond acceptors (Lipinski definition) is 1. The van der Waals surface area contributed by atoms with E-state index in [2.05, 4.69) is 26.1 Å². The van der Waals surface area contributed by atoms with Crippen LogP contribution in [0.15, 0.2) is 18.2 Å². The predicted octanol–water partition coefficient (Wildman–Crippen LogP) is 4.44. The number of nitrogens with one attached hydrogen (secondary N) is 1. The standard InChI is InChI=1S/C15H23ClFN/c1-4-8-18-13(9-11(2)3)10-12-6-5-7-14(17)15(12)16/h5-7,11,13,18H,4,8-10H2,1-3H3. The zero-order valence-corrected chi connectivity index (χ0v) is 12.2. The molecule has 0 aliphatic carbocycles. The van der Waals surface area contributed by atoms with Crippen molar-refractivity contribution < 1.29 is 4.39 Å². The van der Waals surface area contributed by atoms with E-state index in [4.69, 9.17) is 11.6 Å². The van der Waals surface area contributed by atoms with Crippen molar-refractivity contribution >= 4 is 11.6 Å². The fourth-order valence-corrected chi connectivity index (χ4v) is 2.33. The molecule has 1 unspecified atom stereocenters. The number of rotatable bonds is 7. The summed E-state index contributed by atoms with van der Waals surface area (Å²) in [5.41, 5.74) is 0.894. The molecule has 3 heteroatoms. The van der Waals surface area contributed by atoms with Gasteiger partial charge in [0.25, 0.3) is 0 Å². The molecule has 0 aliphatic heterocycles. The van der Waals surface area contributed by atoms with Gasteiger partial charge in [-0.3, -0.25) is 0 Å². The van der Waals surface area contributed by atoms with Crippen molar-refractivity contribution in [2.24, 2.45) is 5.92 Å². The average Bonchev–Trinajstić information content (AvgIpc) is 2.31. The summed E-state index contributed by atoms with van der Waals surface area (Å²) in [6.45, 7) is 7.54. The number of benzene rings is 1. The number of hydrogen-bond donors (Lipinski definition) is 1. The topological polar surface area (TPSA) is 12.0 Å². The van der Waals surface area contributed by atoms with Crippen LogP contribution in [0.5, 0.6) is 0 Å². The molecule has 0 fully saturated rings. The maximum Gasteiger partial charge on any atom is 0.142 e. The Kier molecular flexibility index (Phi) is 6.66. The molecule has 18 heavy (non-hydrogen) atoms. The summed E-state index contributed by atoms with van der Waals surface area (Å²) in [6.07, 6.45) is 2.97. The maximum atomic E-state index is 13.4. The summed E-state index contributed by atoms with van der Waals surface area (Å²) in [7, 11) is 0. The minimum absolute atomic E-state index is 0.268. The molecule has 1 atom stereocenters. The van der Waals surface area contributed by atoms with E-state index in [9.17, 15) is 4.39 Å². The van der Waals surface area contributed by atoms with Gasteiger partial charge in [-0.25, -0.2) is 4.39 Å². The van der Waals surface area contributed by atoms with E-state index in [0.717, 1.165) is 31.4 Å². The van der Waals surface area contributed by atoms with Crippen LogP contribution >= 0.6 is 11.6 Å². The van der Waals surface area contributed by atoms with Crippen molar-refractivity contribution in [2.45, 2.75) is 46.1 Å². The van der Waals surface area contributed by atoms with Gasteiger partial charge in [-0.1, -0.05) is 44.5 Å². The summed E-state index contributed by atoms with van der Waals surface area (Å²) < 4.78 is 13.4. The monoisotopic (exact) mass is 271 g/mol. The van der Waals surface area contributed by atoms with Crippen LogP contribution in [0, 0.1) is 11.7 Å². The van der Waals surface area contributed by atoms with Gasteiger partial charge in [0.05, 0.1) is 5.02 Å². The summed E-state index contributed by atoms with van der Waals surface area (Å²) >= 11 is 6.01. The van der Waals surface area contributed by atoms with Gasteiger partial charge in [-0.15, -0.1) is 0 Å². The van der Waals surface area contributed by atoms with E-state index in [1.165, 1.54) is 6.07 Å². The Labute approximate surface area is 115 Å². The Morgan fingerprint density at radius 1 is 1.33 bits per heavy atom. The molecular formula is C15H23ClFN. The van der Waals surface area contributed by atoms with E-state index in [1.807, 2.05) is 6.07 Å². The quantitative estimate of drug-likeness (QED) is 0.773. The Morgan fingerprint density at radius 3 is 2.67 bits per heavy atom. The molecule has 1 aromatic carbocycles. The Morgan fingerprint density at radius 2 is 2.06 bits per heavy atom. The van der Waals surface area contributed by atoms with Gasteiger partial charge in [-0.05, 0) is 43.4 Å². The molecule has 0 aliphatic rings. The van der Waals surface area contributed by atoms with Crippen LogP contribution in [0.25, 0.3) is 0 Å². The third-order valence-electron chi connectivity index (χ3n) is 2.94. The van der Waals surface area contributed by atoms with Crippen LogP contribution in [0.2, 0.25) is 5.02 Å². The van der Waals surface area contributed by atoms with Crippen LogP contribution < -0.4 is 5.32 Å². The van der Waals surface area contributed by atoms with E-state index in [1.54, 1.807) is 6.07 Å². The minimum Gasteiger partial charge on any atom is -0.314 e. The van der Waals surface area contributed by atoms with Crippen molar-refractivity contribution in [3.63, 3.8) is 0 Å². The van der Waals surface area contributed by atoms with Crippen molar-refractivity contribution in [1.82, 2.24) is 5.32 Å². The summed E-state index contributed by atoms with van der Waals surface area (Å²) in [6, 6.07) is 5.40. The first-order valence-electron chi connectivity index (χ1n) is 6.70. The third kappa shape index (κ3) is 4.95. The van der Waals surface area contributed by atoms with Crippen molar-refractivity contribution in [3.05, 3.63) is 34.6 Å². The lowest BCUT2D eigenvalue weighted by Gasteiger charge is -2.21. The van der Waals surface area contributed by atoms with Crippen LogP contribution in [-0.4, -0.2) is 12.6 Å². The van der Waals surface area contributed by atoms with Crippen molar-refractivity contribution in [2.75, 3.05) is 6.54 Å². The van der Waals surface area contributed by atoms with Crippen LogP contribution in [0.3, 0.4) is 0 Å². The molecule has 102 valence electrons.